The summed E-state index contributed by atoms with van der Waals surface area (Å²) in [5.41, 5.74) is 0.650. The van der Waals surface area contributed by atoms with Gasteiger partial charge in [0.25, 0.3) is 0 Å². The first kappa shape index (κ1) is 11.6. The highest BCUT2D eigenvalue weighted by Crippen LogP contribution is 2.31. The smallest absolute Gasteiger partial charge is 0.336 e. The Bertz CT molecular complexity index is 548. The number of Topliss-reactive ketones (excluding diaryl/α,β-unsaturated/α-hetero) is 1. The molecule has 2 rings (SSSR count). The van der Waals surface area contributed by atoms with Crippen LogP contribution in [0.3, 0.4) is 0 Å². The van der Waals surface area contributed by atoms with Gasteiger partial charge < -0.3 is 5.11 Å². The molecule has 1 aliphatic heterocycles. The number of nitrogens with one attached hydrogen (secondary N) is 1. The van der Waals surface area contributed by atoms with Crippen LogP contribution in [0.4, 0.5) is 0 Å². The number of carbonyl (C=O) groups excluding carboxylic acids is 1. The number of ketones is 1. The summed E-state index contributed by atoms with van der Waals surface area (Å²) in [5, 5.41) is 16.7. The first-order chi connectivity index (χ1) is 8.08. The van der Waals surface area contributed by atoms with Gasteiger partial charge in [0.15, 0.2) is 5.78 Å². The van der Waals surface area contributed by atoms with E-state index in [-0.39, 0.29) is 17.8 Å². The van der Waals surface area contributed by atoms with Gasteiger partial charge in [0.2, 0.25) is 0 Å². The van der Waals surface area contributed by atoms with Crippen molar-refractivity contribution in [3.8, 4) is 0 Å². The molecule has 0 unspecified atom stereocenters. The molecule has 0 saturated carbocycles. The van der Waals surface area contributed by atoms with Gasteiger partial charge in [-0.25, -0.2) is 4.79 Å². The lowest BCUT2D eigenvalue weighted by Crippen LogP contribution is -1.99. The van der Waals surface area contributed by atoms with Gasteiger partial charge in [-0.05, 0) is 17.7 Å². The number of benzene rings is 1. The first-order valence-corrected chi connectivity index (χ1v) is 5.72. The number of aromatic carboxylic acids is 1. The quantitative estimate of drug-likeness (QED) is 0.786. The molecule has 0 atom stereocenters. The number of thioether (sulfide) groups is 1. The van der Waals surface area contributed by atoms with Crippen LogP contribution < -0.4 is 0 Å². The molecule has 1 saturated heterocycles. The number of rotatable bonds is 2. The Morgan fingerprint density at radius 3 is 2.71 bits per heavy atom. The van der Waals surface area contributed by atoms with Crippen molar-refractivity contribution >= 4 is 34.6 Å². The largest absolute Gasteiger partial charge is 0.478 e. The molecule has 0 aliphatic carbocycles. The molecule has 17 heavy (non-hydrogen) atoms. The first-order valence-electron chi connectivity index (χ1n) is 4.90. The summed E-state index contributed by atoms with van der Waals surface area (Å²) in [6, 6.07) is 6.49. The molecule has 1 aromatic rings. The summed E-state index contributed by atoms with van der Waals surface area (Å²) in [4.78, 5) is 22.9. The molecule has 1 fully saturated rings. The zero-order valence-electron chi connectivity index (χ0n) is 8.77. The van der Waals surface area contributed by atoms with Gasteiger partial charge in [-0.3, -0.25) is 10.2 Å². The maximum absolute atomic E-state index is 11.5. The molecule has 1 heterocycles. The average molecular weight is 247 g/mol. The molecular weight excluding hydrogens is 238 g/mol. The minimum Gasteiger partial charge on any atom is -0.478 e. The predicted octanol–water partition coefficient (Wildman–Crippen LogP) is 2.41. The van der Waals surface area contributed by atoms with Crippen LogP contribution in [0.1, 0.15) is 22.3 Å². The number of carboxylic acids is 1. The lowest BCUT2D eigenvalue weighted by Gasteiger charge is -2.01. The van der Waals surface area contributed by atoms with Crippen molar-refractivity contribution in [3.63, 3.8) is 0 Å². The van der Waals surface area contributed by atoms with Gasteiger partial charge >= 0.3 is 5.97 Å². The second-order valence-corrected chi connectivity index (χ2v) is 4.66. The molecule has 5 heteroatoms. The van der Waals surface area contributed by atoms with E-state index >= 15 is 0 Å². The van der Waals surface area contributed by atoms with Gasteiger partial charge in [-0.1, -0.05) is 30.0 Å². The van der Waals surface area contributed by atoms with Gasteiger partial charge in [-0.2, -0.15) is 0 Å². The molecule has 0 amide bonds. The monoisotopic (exact) mass is 247 g/mol. The van der Waals surface area contributed by atoms with E-state index in [9.17, 15) is 9.59 Å². The van der Waals surface area contributed by atoms with Crippen molar-refractivity contribution in [2.75, 3.05) is 0 Å². The van der Waals surface area contributed by atoms with Crippen LogP contribution in [0.15, 0.2) is 29.2 Å². The van der Waals surface area contributed by atoms with Crippen LogP contribution in [0.25, 0.3) is 6.08 Å². The molecule has 1 aromatic carbocycles. The van der Waals surface area contributed by atoms with E-state index in [1.54, 1.807) is 18.2 Å². The SMILES string of the molecule is N=C1CC(=O)/C(=C/c2ccccc2C(=O)O)S1. The zero-order chi connectivity index (χ0) is 12.4. The van der Waals surface area contributed by atoms with Crippen LogP contribution in [0.5, 0.6) is 0 Å². The number of carbonyl (C=O) groups is 2. The maximum Gasteiger partial charge on any atom is 0.336 e. The normalized spacial score (nSPS) is 17.8. The molecule has 2 N–H and O–H groups in total. The lowest BCUT2D eigenvalue weighted by atomic mass is 10.1. The number of hydrogen-bond donors (Lipinski definition) is 2. The topological polar surface area (TPSA) is 78.2 Å². The highest BCUT2D eigenvalue weighted by Gasteiger charge is 2.23. The van der Waals surface area contributed by atoms with E-state index in [4.69, 9.17) is 10.5 Å². The summed E-state index contributed by atoms with van der Waals surface area (Å²) >= 11 is 1.09. The lowest BCUT2D eigenvalue weighted by molar-refractivity contribution is -0.113. The van der Waals surface area contributed by atoms with Crippen LogP contribution in [-0.4, -0.2) is 21.9 Å². The third-order valence-corrected chi connectivity index (χ3v) is 3.26. The van der Waals surface area contributed by atoms with Crippen LogP contribution in [0, 0.1) is 5.41 Å². The zero-order valence-corrected chi connectivity index (χ0v) is 9.58. The second kappa shape index (κ2) is 4.55. The van der Waals surface area contributed by atoms with Gasteiger partial charge in [0.05, 0.1) is 21.9 Å². The van der Waals surface area contributed by atoms with E-state index in [1.165, 1.54) is 12.1 Å². The highest BCUT2D eigenvalue weighted by molar-refractivity contribution is 8.18. The molecular formula is C12H9NO3S. The third-order valence-electron chi connectivity index (χ3n) is 2.31. The van der Waals surface area contributed by atoms with Crippen molar-refractivity contribution in [2.24, 2.45) is 0 Å². The Morgan fingerprint density at radius 2 is 2.12 bits per heavy atom. The Morgan fingerprint density at radius 1 is 1.41 bits per heavy atom. The van der Waals surface area contributed by atoms with Gasteiger partial charge in [0.1, 0.15) is 0 Å². The van der Waals surface area contributed by atoms with Crippen molar-refractivity contribution in [3.05, 3.63) is 40.3 Å². The number of allylic oxidation sites excluding steroid dienone is 1. The molecule has 86 valence electrons. The summed E-state index contributed by atoms with van der Waals surface area (Å²) in [5.74, 6) is -1.15. The molecule has 0 aromatic heterocycles. The van der Waals surface area contributed by atoms with Crippen molar-refractivity contribution in [1.29, 1.82) is 5.41 Å². The summed E-state index contributed by atoms with van der Waals surface area (Å²) in [7, 11) is 0. The maximum atomic E-state index is 11.5. The second-order valence-electron chi connectivity index (χ2n) is 3.53. The average Bonchev–Trinajstić information content (AvgIpc) is 2.58. The predicted molar refractivity (Wildman–Crippen MR) is 66.3 cm³/mol. The Balaban J connectivity index is 2.42. The fourth-order valence-corrected chi connectivity index (χ4v) is 2.37. The summed E-state index contributed by atoms with van der Waals surface area (Å²) < 4.78 is 0. The standard InChI is InChI=1S/C12H9NO3S/c13-11-6-9(14)10(17-11)5-7-3-1-2-4-8(7)12(15)16/h1-5,13H,6H2,(H,15,16)/b10-5-,13-11?. The minimum atomic E-state index is -1.03. The summed E-state index contributed by atoms with van der Waals surface area (Å²) in [6.07, 6.45) is 1.66. The minimum absolute atomic E-state index is 0.117. The van der Waals surface area contributed by atoms with Crippen molar-refractivity contribution in [2.45, 2.75) is 6.42 Å². The van der Waals surface area contributed by atoms with Crippen LogP contribution in [0.2, 0.25) is 0 Å². The van der Waals surface area contributed by atoms with Crippen molar-refractivity contribution < 1.29 is 14.7 Å². The van der Waals surface area contributed by atoms with Gasteiger partial charge in [0, 0.05) is 0 Å². The Labute approximate surface area is 102 Å². The number of hydrogen-bond acceptors (Lipinski definition) is 4. The fraction of sp³-hybridized carbons (Fsp3) is 0.0833. The van der Waals surface area contributed by atoms with Crippen LogP contribution >= 0.6 is 11.8 Å². The fourth-order valence-electron chi connectivity index (χ4n) is 1.53. The van der Waals surface area contributed by atoms with E-state index in [0.717, 1.165) is 11.8 Å². The number of carboxylic acid groups (broad SMARTS) is 1. The van der Waals surface area contributed by atoms with E-state index in [0.29, 0.717) is 15.5 Å². The Kier molecular flexibility index (Phi) is 3.10. The Hall–Kier alpha value is -1.88. The molecule has 0 bridgehead atoms. The third kappa shape index (κ3) is 2.45. The van der Waals surface area contributed by atoms with E-state index in [2.05, 4.69) is 0 Å². The molecule has 1 aliphatic rings. The molecule has 0 radical (unpaired) electrons. The van der Waals surface area contributed by atoms with E-state index < -0.39 is 5.97 Å². The van der Waals surface area contributed by atoms with Crippen LogP contribution in [-0.2, 0) is 4.79 Å². The van der Waals surface area contributed by atoms with E-state index in [1.807, 2.05) is 0 Å². The van der Waals surface area contributed by atoms with Crippen molar-refractivity contribution in [1.82, 2.24) is 0 Å². The highest BCUT2D eigenvalue weighted by atomic mass is 32.2. The van der Waals surface area contributed by atoms with Gasteiger partial charge in [-0.15, -0.1) is 0 Å². The molecule has 0 spiro atoms. The summed E-state index contributed by atoms with van der Waals surface area (Å²) in [6.45, 7) is 0. The molecule has 4 nitrogen and oxygen atoms in total.